The van der Waals surface area contributed by atoms with Gasteiger partial charge in [-0.05, 0) is 64.2 Å². The number of allylic oxidation sites excluding steroid dienone is 5. The van der Waals surface area contributed by atoms with Gasteiger partial charge in [-0.15, -0.1) is 0 Å². The highest BCUT2D eigenvalue weighted by Gasteiger charge is 2.18. The largest absolute Gasteiger partial charge is 0.466 e. The molecule has 0 aromatic rings. The summed E-state index contributed by atoms with van der Waals surface area (Å²) in [7, 11) is 0. The third-order valence-electron chi connectivity index (χ3n) is 11.9. The number of hydrogen-bond donors (Lipinski definition) is 3. The van der Waals surface area contributed by atoms with E-state index in [4.69, 9.17) is 4.74 Å². The van der Waals surface area contributed by atoms with Gasteiger partial charge in [-0.25, -0.2) is 0 Å². The smallest absolute Gasteiger partial charge is 0.305 e. The van der Waals surface area contributed by atoms with E-state index in [1.165, 1.54) is 167 Å². The van der Waals surface area contributed by atoms with E-state index in [-0.39, 0.29) is 18.5 Å². The molecule has 0 aliphatic carbocycles. The summed E-state index contributed by atoms with van der Waals surface area (Å²) in [6, 6.07) is -0.633. The van der Waals surface area contributed by atoms with E-state index >= 15 is 0 Å². The summed E-state index contributed by atoms with van der Waals surface area (Å²) in [6.07, 6.45) is 60.2. The highest BCUT2D eigenvalue weighted by Crippen LogP contribution is 2.16. The average Bonchev–Trinajstić information content (AvgIpc) is 3.25. The minimum absolute atomic E-state index is 0.0120. The van der Waals surface area contributed by atoms with E-state index in [0.29, 0.717) is 19.4 Å². The number of carbonyl (C=O) groups is 2. The average molecular weight is 844 g/mol. The van der Waals surface area contributed by atoms with Gasteiger partial charge in [0.15, 0.2) is 0 Å². The van der Waals surface area contributed by atoms with Crippen LogP contribution in [0, 0.1) is 0 Å². The van der Waals surface area contributed by atoms with Crippen LogP contribution in [-0.2, 0) is 14.3 Å². The molecule has 352 valence electrons. The monoisotopic (exact) mass is 844 g/mol. The van der Waals surface area contributed by atoms with Crippen molar-refractivity contribution in [3.8, 4) is 0 Å². The molecule has 0 aromatic carbocycles. The Morgan fingerprint density at radius 1 is 0.467 bits per heavy atom. The van der Waals surface area contributed by atoms with Crippen LogP contribution in [0.2, 0.25) is 0 Å². The molecule has 2 atom stereocenters. The number of amides is 1. The fourth-order valence-corrected chi connectivity index (χ4v) is 7.86. The molecule has 0 fully saturated rings. The summed E-state index contributed by atoms with van der Waals surface area (Å²) in [5.41, 5.74) is 0. The lowest BCUT2D eigenvalue weighted by Gasteiger charge is -2.20. The number of esters is 1. The molecule has 6 heteroatoms. The molecule has 0 bridgehead atoms. The molecule has 0 aliphatic rings. The van der Waals surface area contributed by atoms with Gasteiger partial charge < -0.3 is 20.3 Å². The van der Waals surface area contributed by atoms with Crippen molar-refractivity contribution in [2.75, 3.05) is 13.2 Å². The molecule has 0 spiro atoms. The molecule has 0 saturated carbocycles. The van der Waals surface area contributed by atoms with E-state index in [1.807, 2.05) is 6.08 Å². The zero-order chi connectivity index (χ0) is 43.7. The van der Waals surface area contributed by atoms with Gasteiger partial charge in [0.05, 0.1) is 25.4 Å². The summed E-state index contributed by atoms with van der Waals surface area (Å²) in [5.74, 6) is -0.0933. The Balaban J connectivity index is 3.47. The maximum absolute atomic E-state index is 12.4. The molecular formula is C54H101NO5. The van der Waals surface area contributed by atoms with Crippen LogP contribution in [0.15, 0.2) is 36.5 Å². The molecular weight excluding hydrogens is 743 g/mol. The summed E-state index contributed by atoms with van der Waals surface area (Å²) < 4.78 is 5.45. The van der Waals surface area contributed by atoms with Crippen molar-refractivity contribution >= 4 is 11.9 Å². The molecule has 60 heavy (non-hydrogen) atoms. The quantitative estimate of drug-likeness (QED) is 0.0245. The number of ether oxygens (including phenoxy) is 1. The van der Waals surface area contributed by atoms with Gasteiger partial charge >= 0.3 is 5.97 Å². The van der Waals surface area contributed by atoms with Gasteiger partial charge in [0.2, 0.25) is 5.91 Å². The van der Waals surface area contributed by atoms with Crippen LogP contribution in [0.3, 0.4) is 0 Å². The van der Waals surface area contributed by atoms with Gasteiger partial charge in [0.1, 0.15) is 0 Å². The van der Waals surface area contributed by atoms with Crippen molar-refractivity contribution in [2.45, 2.75) is 283 Å². The minimum Gasteiger partial charge on any atom is -0.466 e. The zero-order valence-corrected chi connectivity index (χ0v) is 39.9. The maximum Gasteiger partial charge on any atom is 0.305 e. The van der Waals surface area contributed by atoms with Crippen LogP contribution in [0.5, 0.6) is 0 Å². The number of aliphatic hydroxyl groups is 2. The lowest BCUT2D eigenvalue weighted by atomic mass is 10.0. The summed E-state index contributed by atoms with van der Waals surface area (Å²) in [6.45, 7) is 4.83. The molecule has 0 saturated heterocycles. The lowest BCUT2D eigenvalue weighted by molar-refractivity contribution is -0.143. The van der Waals surface area contributed by atoms with E-state index < -0.39 is 12.1 Å². The molecule has 0 radical (unpaired) electrons. The molecule has 6 nitrogen and oxygen atoms in total. The maximum atomic E-state index is 12.4. The van der Waals surface area contributed by atoms with E-state index in [0.717, 1.165) is 77.0 Å². The Hall–Kier alpha value is -1.92. The van der Waals surface area contributed by atoms with Gasteiger partial charge in [-0.1, -0.05) is 230 Å². The van der Waals surface area contributed by atoms with Crippen LogP contribution < -0.4 is 5.32 Å². The van der Waals surface area contributed by atoms with Gasteiger partial charge in [-0.3, -0.25) is 9.59 Å². The van der Waals surface area contributed by atoms with Crippen molar-refractivity contribution in [3.05, 3.63) is 36.5 Å². The number of nitrogens with one attached hydrogen (secondary N) is 1. The molecule has 0 rings (SSSR count). The second kappa shape index (κ2) is 49.7. The Labute approximate surface area is 373 Å². The molecule has 0 aliphatic heterocycles. The first-order valence-corrected chi connectivity index (χ1v) is 26.3. The minimum atomic E-state index is -0.849. The van der Waals surface area contributed by atoms with Gasteiger partial charge in [0.25, 0.3) is 0 Å². The van der Waals surface area contributed by atoms with Crippen LogP contribution in [0.1, 0.15) is 271 Å². The lowest BCUT2D eigenvalue weighted by Crippen LogP contribution is -2.45. The third-order valence-corrected chi connectivity index (χ3v) is 11.9. The Bertz CT molecular complexity index is 977. The van der Waals surface area contributed by atoms with Crippen LogP contribution in [0.25, 0.3) is 0 Å². The third kappa shape index (κ3) is 45.6. The van der Waals surface area contributed by atoms with Gasteiger partial charge in [0, 0.05) is 12.8 Å². The summed E-state index contributed by atoms with van der Waals surface area (Å²) in [5, 5.41) is 22.9. The predicted molar refractivity (Wildman–Crippen MR) is 259 cm³/mol. The first kappa shape index (κ1) is 58.1. The van der Waals surface area contributed by atoms with E-state index in [2.05, 4.69) is 43.5 Å². The summed E-state index contributed by atoms with van der Waals surface area (Å²) >= 11 is 0. The van der Waals surface area contributed by atoms with Crippen molar-refractivity contribution in [1.82, 2.24) is 5.32 Å². The van der Waals surface area contributed by atoms with Crippen molar-refractivity contribution in [2.24, 2.45) is 0 Å². The first-order chi connectivity index (χ1) is 29.5. The Kier molecular flexibility index (Phi) is 48.1. The van der Waals surface area contributed by atoms with Crippen molar-refractivity contribution in [1.29, 1.82) is 0 Å². The normalized spacial score (nSPS) is 12.9. The van der Waals surface area contributed by atoms with Crippen molar-refractivity contribution < 1.29 is 24.5 Å². The number of rotatable bonds is 48. The molecule has 0 aromatic heterocycles. The highest BCUT2D eigenvalue weighted by atomic mass is 16.5. The van der Waals surface area contributed by atoms with E-state index in [1.54, 1.807) is 6.08 Å². The van der Waals surface area contributed by atoms with E-state index in [9.17, 15) is 19.8 Å². The molecule has 0 heterocycles. The van der Waals surface area contributed by atoms with Gasteiger partial charge in [-0.2, -0.15) is 0 Å². The summed E-state index contributed by atoms with van der Waals surface area (Å²) in [4.78, 5) is 24.4. The molecule has 2 unspecified atom stereocenters. The SMILES string of the molecule is CCCCCCCCC/C=C/C(O)C(CO)NC(=O)CCCCCCCCCCCC/C=C\C=C/CCCCCOC(=O)CCCCCCCCCCCCCCCCC. The Morgan fingerprint density at radius 3 is 1.23 bits per heavy atom. The Morgan fingerprint density at radius 2 is 0.817 bits per heavy atom. The fraction of sp³-hybridized carbons (Fsp3) is 0.852. The van der Waals surface area contributed by atoms with Crippen LogP contribution in [-0.4, -0.2) is 47.4 Å². The molecule has 3 N–H and O–H groups in total. The van der Waals surface area contributed by atoms with Crippen LogP contribution in [0.4, 0.5) is 0 Å². The standard InChI is InChI=1S/C54H101NO5/c1-3-5-7-9-11-13-14-15-21-25-28-32-36-40-44-48-54(59)60-49-45-41-37-33-29-26-23-20-18-16-17-19-22-24-27-31-35-39-43-47-53(58)55-51(50-56)52(57)46-42-38-34-30-12-10-8-6-4-2/h20,23,26,29,42,46,51-52,56-57H,3-19,21-22,24-25,27-28,30-41,43-45,47-50H2,1-2H3,(H,55,58)/b23-20-,29-26-,46-42+. The first-order valence-electron chi connectivity index (χ1n) is 26.3. The predicted octanol–water partition coefficient (Wildman–Crippen LogP) is 15.7. The topological polar surface area (TPSA) is 95.9 Å². The number of carbonyl (C=O) groups excluding carboxylic acids is 2. The molecule has 1 amide bonds. The highest BCUT2D eigenvalue weighted by molar-refractivity contribution is 5.76. The van der Waals surface area contributed by atoms with Crippen LogP contribution >= 0.6 is 0 Å². The number of hydrogen-bond acceptors (Lipinski definition) is 5. The number of aliphatic hydroxyl groups excluding tert-OH is 2. The second-order valence-electron chi connectivity index (χ2n) is 17.9. The fourth-order valence-electron chi connectivity index (χ4n) is 7.86. The second-order valence-corrected chi connectivity index (χ2v) is 17.9. The number of unbranched alkanes of at least 4 members (excludes halogenated alkanes) is 34. The zero-order valence-electron chi connectivity index (χ0n) is 39.9. The van der Waals surface area contributed by atoms with Crippen molar-refractivity contribution in [3.63, 3.8) is 0 Å².